The molecule has 0 unspecified atom stereocenters. The van der Waals surface area contributed by atoms with E-state index in [1.165, 1.54) is 6.20 Å². The summed E-state index contributed by atoms with van der Waals surface area (Å²) in [6.45, 7) is 5.22. The largest absolute Gasteiger partial charge is 0.396 e. The highest BCUT2D eigenvalue weighted by molar-refractivity contribution is 5.97. The molecule has 17 heavy (non-hydrogen) atoms. The fourth-order valence-electron chi connectivity index (χ4n) is 1.97. The smallest absolute Gasteiger partial charge is 0.274 e. The lowest BCUT2D eigenvalue weighted by Gasteiger charge is -2.20. The first-order chi connectivity index (χ1) is 8.24. The van der Waals surface area contributed by atoms with Crippen molar-refractivity contribution < 1.29 is 9.53 Å². The number of carbonyl (C=O) groups excluding carboxylic acids is 1. The van der Waals surface area contributed by atoms with Crippen LogP contribution in [-0.2, 0) is 11.3 Å². The van der Waals surface area contributed by atoms with Gasteiger partial charge in [0.25, 0.3) is 5.91 Å². The van der Waals surface area contributed by atoms with Crippen LogP contribution in [0, 0.1) is 0 Å². The Labute approximate surface area is 100 Å². The van der Waals surface area contributed by atoms with Gasteiger partial charge in [0.1, 0.15) is 5.69 Å². The quantitative estimate of drug-likeness (QED) is 0.806. The van der Waals surface area contributed by atoms with Gasteiger partial charge in [-0.05, 0) is 13.3 Å². The molecule has 1 fully saturated rings. The van der Waals surface area contributed by atoms with E-state index in [-0.39, 0.29) is 5.91 Å². The zero-order valence-corrected chi connectivity index (χ0v) is 10.1. The van der Waals surface area contributed by atoms with Crippen molar-refractivity contribution in [3.05, 3.63) is 11.9 Å². The average Bonchev–Trinajstić information content (AvgIpc) is 2.56. The summed E-state index contributed by atoms with van der Waals surface area (Å²) in [7, 11) is 0. The zero-order chi connectivity index (χ0) is 12.3. The van der Waals surface area contributed by atoms with Crippen LogP contribution < -0.4 is 5.73 Å². The van der Waals surface area contributed by atoms with Crippen molar-refractivity contribution in [1.82, 2.24) is 14.7 Å². The molecule has 0 bridgehead atoms. The van der Waals surface area contributed by atoms with Crippen LogP contribution in [-0.4, -0.2) is 46.9 Å². The van der Waals surface area contributed by atoms with Crippen molar-refractivity contribution in [2.45, 2.75) is 19.9 Å². The predicted molar refractivity (Wildman–Crippen MR) is 63.7 cm³/mol. The molecule has 2 heterocycles. The molecule has 1 aromatic heterocycles. The lowest BCUT2D eigenvalue weighted by atomic mass is 10.3. The first-order valence-corrected chi connectivity index (χ1v) is 5.92. The molecule has 6 nitrogen and oxygen atoms in total. The highest BCUT2D eigenvalue weighted by Crippen LogP contribution is 2.14. The molecule has 1 amide bonds. The Morgan fingerprint density at radius 3 is 3.12 bits per heavy atom. The molecule has 0 radical (unpaired) electrons. The number of nitrogens with two attached hydrogens (primary N) is 1. The number of carbonyl (C=O) groups is 1. The summed E-state index contributed by atoms with van der Waals surface area (Å²) in [6, 6.07) is 0. The number of nitrogens with zero attached hydrogens (tertiary/aromatic N) is 3. The van der Waals surface area contributed by atoms with Gasteiger partial charge < -0.3 is 15.4 Å². The molecule has 1 aromatic rings. The minimum atomic E-state index is -0.0487. The van der Waals surface area contributed by atoms with Crippen molar-refractivity contribution in [3.63, 3.8) is 0 Å². The highest BCUT2D eigenvalue weighted by Gasteiger charge is 2.23. The lowest BCUT2D eigenvalue weighted by Crippen LogP contribution is -2.35. The van der Waals surface area contributed by atoms with Crippen LogP contribution in [0.1, 0.15) is 23.8 Å². The van der Waals surface area contributed by atoms with E-state index in [1.54, 1.807) is 9.58 Å². The molecule has 1 aliphatic rings. The number of ether oxygens (including phenoxy) is 1. The number of hydrogen-bond donors (Lipinski definition) is 1. The van der Waals surface area contributed by atoms with E-state index >= 15 is 0 Å². The highest BCUT2D eigenvalue weighted by atomic mass is 16.5. The number of rotatable bonds is 2. The molecule has 0 aliphatic carbocycles. The molecular weight excluding hydrogens is 220 g/mol. The fourth-order valence-corrected chi connectivity index (χ4v) is 1.97. The van der Waals surface area contributed by atoms with Crippen LogP contribution >= 0.6 is 0 Å². The Bertz CT molecular complexity index is 394. The maximum Gasteiger partial charge on any atom is 0.274 e. The van der Waals surface area contributed by atoms with Crippen LogP contribution in [0.5, 0.6) is 0 Å². The SMILES string of the molecule is CCn1ncc(N)c1C(=O)N1CCCOCC1. The summed E-state index contributed by atoms with van der Waals surface area (Å²) in [4.78, 5) is 14.1. The van der Waals surface area contributed by atoms with Crippen LogP contribution in [0.4, 0.5) is 5.69 Å². The number of anilines is 1. The summed E-state index contributed by atoms with van der Waals surface area (Å²) in [5, 5.41) is 4.09. The summed E-state index contributed by atoms with van der Waals surface area (Å²) < 4.78 is 6.97. The average molecular weight is 238 g/mol. The van der Waals surface area contributed by atoms with E-state index in [2.05, 4.69) is 5.10 Å². The van der Waals surface area contributed by atoms with Crippen molar-refractivity contribution in [3.8, 4) is 0 Å². The molecule has 0 spiro atoms. The summed E-state index contributed by atoms with van der Waals surface area (Å²) in [5.41, 5.74) is 6.74. The van der Waals surface area contributed by atoms with Gasteiger partial charge in [-0.2, -0.15) is 5.10 Å². The maximum absolute atomic E-state index is 12.3. The van der Waals surface area contributed by atoms with Gasteiger partial charge in [0.2, 0.25) is 0 Å². The monoisotopic (exact) mass is 238 g/mol. The summed E-state index contributed by atoms with van der Waals surface area (Å²) in [6.07, 6.45) is 2.40. The van der Waals surface area contributed by atoms with Gasteiger partial charge in [0, 0.05) is 26.2 Å². The third kappa shape index (κ3) is 2.41. The third-order valence-corrected chi connectivity index (χ3v) is 2.88. The number of aromatic nitrogens is 2. The topological polar surface area (TPSA) is 73.4 Å². The second-order valence-corrected chi connectivity index (χ2v) is 4.02. The van der Waals surface area contributed by atoms with E-state index in [0.717, 1.165) is 6.42 Å². The lowest BCUT2D eigenvalue weighted by molar-refractivity contribution is 0.0730. The van der Waals surface area contributed by atoms with Gasteiger partial charge in [-0.1, -0.05) is 0 Å². The van der Waals surface area contributed by atoms with Crippen LogP contribution in [0.2, 0.25) is 0 Å². The standard InChI is InChI=1S/C11H18N4O2/c1-2-15-10(9(12)8-13-15)11(16)14-4-3-6-17-7-5-14/h8H,2-7,12H2,1H3. The van der Waals surface area contributed by atoms with Gasteiger partial charge in [0.05, 0.1) is 18.5 Å². The normalized spacial score (nSPS) is 16.9. The first kappa shape index (κ1) is 11.9. The molecule has 94 valence electrons. The molecule has 1 saturated heterocycles. The summed E-state index contributed by atoms with van der Waals surface area (Å²) in [5.74, 6) is -0.0487. The van der Waals surface area contributed by atoms with Crippen molar-refractivity contribution in [2.75, 3.05) is 32.0 Å². The molecular formula is C11H18N4O2. The number of amides is 1. The molecule has 1 aliphatic heterocycles. The minimum absolute atomic E-state index is 0.0487. The number of nitrogen functional groups attached to an aromatic ring is 1. The van der Waals surface area contributed by atoms with Gasteiger partial charge >= 0.3 is 0 Å². The van der Waals surface area contributed by atoms with Crippen LogP contribution in [0.15, 0.2) is 6.20 Å². The molecule has 6 heteroatoms. The fraction of sp³-hybridized carbons (Fsp3) is 0.636. The number of aryl methyl sites for hydroxylation is 1. The Balaban J connectivity index is 2.20. The Hall–Kier alpha value is -1.56. The molecule has 0 saturated carbocycles. The third-order valence-electron chi connectivity index (χ3n) is 2.88. The van der Waals surface area contributed by atoms with Gasteiger partial charge in [-0.3, -0.25) is 9.48 Å². The van der Waals surface area contributed by atoms with Crippen molar-refractivity contribution >= 4 is 11.6 Å². The number of hydrogen-bond acceptors (Lipinski definition) is 4. The minimum Gasteiger partial charge on any atom is -0.396 e. The van der Waals surface area contributed by atoms with Crippen LogP contribution in [0.25, 0.3) is 0 Å². The zero-order valence-electron chi connectivity index (χ0n) is 10.1. The van der Waals surface area contributed by atoms with Gasteiger partial charge in [0.15, 0.2) is 0 Å². The Kier molecular flexibility index (Phi) is 3.63. The molecule has 0 atom stereocenters. The van der Waals surface area contributed by atoms with E-state index in [1.807, 2.05) is 6.92 Å². The predicted octanol–water partition coefficient (Wildman–Crippen LogP) is 0.348. The van der Waals surface area contributed by atoms with Crippen molar-refractivity contribution in [2.24, 2.45) is 0 Å². The van der Waals surface area contributed by atoms with E-state index in [9.17, 15) is 4.79 Å². The van der Waals surface area contributed by atoms with Crippen LogP contribution in [0.3, 0.4) is 0 Å². The Morgan fingerprint density at radius 2 is 2.35 bits per heavy atom. The summed E-state index contributed by atoms with van der Waals surface area (Å²) >= 11 is 0. The van der Waals surface area contributed by atoms with E-state index in [4.69, 9.17) is 10.5 Å². The molecule has 2 rings (SSSR count). The molecule has 2 N–H and O–H groups in total. The van der Waals surface area contributed by atoms with E-state index in [0.29, 0.717) is 44.2 Å². The first-order valence-electron chi connectivity index (χ1n) is 5.92. The van der Waals surface area contributed by atoms with E-state index < -0.39 is 0 Å². The maximum atomic E-state index is 12.3. The Morgan fingerprint density at radius 1 is 1.53 bits per heavy atom. The second kappa shape index (κ2) is 5.18. The second-order valence-electron chi connectivity index (χ2n) is 4.02. The van der Waals surface area contributed by atoms with Crippen molar-refractivity contribution in [1.29, 1.82) is 0 Å². The molecule has 0 aromatic carbocycles. The van der Waals surface area contributed by atoms with Gasteiger partial charge in [-0.15, -0.1) is 0 Å². The van der Waals surface area contributed by atoms with Gasteiger partial charge in [-0.25, -0.2) is 0 Å².